The maximum absolute atomic E-state index is 6.63. The second-order valence-electron chi connectivity index (χ2n) is 10.4. The van der Waals surface area contributed by atoms with Crippen LogP contribution in [-0.2, 0) is 0 Å². The number of nitrogens with one attached hydrogen (secondary N) is 1. The van der Waals surface area contributed by atoms with Gasteiger partial charge in [0.2, 0.25) is 0 Å². The molecule has 0 fully saturated rings. The van der Waals surface area contributed by atoms with Crippen LogP contribution in [0.3, 0.4) is 0 Å². The van der Waals surface area contributed by atoms with Crippen molar-refractivity contribution < 1.29 is 4.42 Å². The molecule has 6 rings (SSSR count). The van der Waals surface area contributed by atoms with Gasteiger partial charge in [-0.15, -0.1) is 0 Å². The number of nitrogens with zero attached hydrogens (tertiary/aromatic N) is 1. The molecule has 0 unspecified atom stereocenters. The fourth-order valence-corrected chi connectivity index (χ4v) is 5.44. The van der Waals surface area contributed by atoms with Gasteiger partial charge in [-0.05, 0) is 92.3 Å². The lowest BCUT2D eigenvalue weighted by atomic mass is 9.91. The van der Waals surface area contributed by atoms with Gasteiger partial charge in [0.25, 0.3) is 0 Å². The van der Waals surface area contributed by atoms with Crippen LogP contribution in [0.25, 0.3) is 33.4 Å². The molecule has 4 aromatic rings. The fraction of sp³-hybridized carbons (Fsp3) is 0.139. The van der Waals surface area contributed by atoms with Gasteiger partial charge in [-0.3, -0.25) is 0 Å². The second-order valence-corrected chi connectivity index (χ2v) is 10.4. The highest BCUT2D eigenvalue weighted by Crippen LogP contribution is 2.42. The Morgan fingerprint density at radius 1 is 0.590 bits per heavy atom. The molecule has 1 aliphatic carbocycles. The molecule has 3 heteroatoms. The highest BCUT2D eigenvalue weighted by molar-refractivity contribution is 6.03. The predicted molar refractivity (Wildman–Crippen MR) is 163 cm³/mol. The average Bonchev–Trinajstić information content (AvgIpc) is 2.92. The van der Waals surface area contributed by atoms with E-state index in [1.165, 1.54) is 27.8 Å². The summed E-state index contributed by atoms with van der Waals surface area (Å²) in [5.74, 6) is 0.817. The largest absolute Gasteiger partial charge is 0.456 e. The summed E-state index contributed by atoms with van der Waals surface area (Å²) >= 11 is 0. The van der Waals surface area contributed by atoms with Gasteiger partial charge in [-0.25, -0.2) is 4.99 Å². The normalized spacial score (nSPS) is 11.9. The lowest BCUT2D eigenvalue weighted by molar-refractivity contribution is 0.619. The summed E-state index contributed by atoms with van der Waals surface area (Å²) in [6.45, 7) is 10.6. The zero-order valence-electron chi connectivity index (χ0n) is 23.1. The quantitative estimate of drug-likeness (QED) is 0.241. The molecule has 0 spiro atoms. The van der Waals surface area contributed by atoms with Crippen LogP contribution in [0, 0.1) is 34.6 Å². The molecule has 4 aromatic carbocycles. The Bertz CT molecular complexity index is 1850. The van der Waals surface area contributed by atoms with Gasteiger partial charge < -0.3 is 9.73 Å². The monoisotopic (exact) mass is 508 g/mol. The molecule has 0 saturated carbocycles. The average molecular weight is 509 g/mol. The van der Waals surface area contributed by atoms with Gasteiger partial charge in [0.15, 0.2) is 0 Å². The minimum atomic E-state index is 0.817. The van der Waals surface area contributed by atoms with Crippen molar-refractivity contribution in [3.05, 3.63) is 130 Å². The topological polar surface area (TPSA) is 37.5 Å². The van der Waals surface area contributed by atoms with E-state index in [-0.39, 0.29) is 0 Å². The van der Waals surface area contributed by atoms with Gasteiger partial charge in [-0.2, -0.15) is 0 Å². The first kappa shape index (κ1) is 24.7. The van der Waals surface area contributed by atoms with Crippen LogP contribution >= 0.6 is 0 Å². The van der Waals surface area contributed by atoms with Crippen molar-refractivity contribution in [2.24, 2.45) is 4.99 Å². The summed E-state index contributed by atoms with van der Waals surface area (Å²) in [6.07, 6.45) is 0. The van der Waals surface area contributed by atoms with Crippen LogP contribution in [-0.4, -0.2) is 0 Å². The molecule has 0 atom stereocenters. The molecule has 0 radical (unpaired) electrons. The number of fused-ring (bicyclic) bond motifs is 2. The highest BCUT2D eigenvalue weighted by Gasteiger charge is 2.19. The number of hydrogen-bond acceptors (Lipinski definition) is 3. The molecule has 1 aliphatic heterocycles. The Kier molecular flexibility index (Phi) is 6.28. The zero-order chi connectivity index (χ0) is 27.1. The van der Waals surface area contributed by atoms with E-state index in [9.17, 15) is 0 Å². The van der Waals surface area contributed by atoms with E-state index in [0.717, 1.165) is 55.8 Å². The minimum absolute atomic E-state index is 0.817. The summed E-state index contributed by atoms with van der Waals surface area (Å²) < 4.78 is 6.63. The Hall–Kier alpha value is -4.63. The third-order valence-electron chi connectivity index (χ3n) is 7.55. The molecule has 1 heterocycles. The number of aryl methyl sites for hydroxylation is 5. The third-order valence-corrected chi connectivity index (χ3v) is 7.55. The SMILES string of the molecule is Cc1ccccc1-c1c2ccc(=Nc3c(C)cccc3C)cc-2oc2cc(Nc3c(C)cccc3C)ccc12. The first-order valence-electron chi connectivity index (χ1n) is 13.4. The van der Waals surface area contributed by atoms with Crippen molar-refractivity contribution in [1.29, 1.82) is 0 Å². The maximum atomic E-state index is 6.63. The van der Waals surface area contributed by atoms with E-state index in [2.05, 4.69) is 137 Å². The molecule has 3 nitrogen and oxygen atoms in total. The van der Waals surface area contributed by atoms with Crippen molar-refractivity contribution in [1.82, 2.24) is 0 Å². The van der Waals surface area contributed by atoms with Crippen molar-refractivity contribution in [2.75, 3.05) is 5.32 Å². The van der Waals surface area contributed by atoms with Gasteiger partial charge in [0.1, 0.15) is 11.3 Å². The van der Waals surface area contributed by atoms with Crippen molar-refractivity contribution in [2.45, 2.75) is 34.6 Å². The molecule has 0 saturated heterocycles. The summed E-state index contributed by atoms with van der Waals surface area (Å²) in [5, 5.41) is 5.59. The van der Waals surface area contributed by atoms with Crippen molar-refractivity contribution in [3.63, 3.8) is 0 Å². The number of para-hydroxylation sites is 2. The summed E-state index contributed by atoms with van der Waals surface area (Å²) in [4.78, 5) is 5.01. The van der Waals surface area contributed by atoms with Gasteiger partial charge in [0.05, 0.1) is 11.0 Å². The summed E-state index contributed by atoms with van der Waals surface area (Å²) in [6, 6.07) is 33.9. The van der Waals surface area contributed by atoms with Crippen LogP contribution in [0.2, 0.25) is 0 Å². The number of anilines is 2. The van der Waals surface area contributed by atoms with E-state index < -0.39 is 0 Å². The summed E-state index contributed by atoms with van der Waals surface area (Å²) in [5.41, 5.74) is 13.4. The molecule has 39 heavy (non-hydrogen) atoms. The van der Waals surface area contributed by atoms with Gasteiger partial charge in [0, 0.05) is 40.0 Å². The van der Waals surface area contributed by atoms with Crippen molar-refractivity contribution >= 4 is 28.0 Å². The molecule has 1 N–H and O–H groups in total. The van der Waals surface area contributed by atoms with E-state index in [1.807, 2.05) is 0 Å². The van der Waals surface area contributed by atoms with Gasteiger partial charge >= 0.3 is 0 Å². The van der Waals surface area contributed by atoms with Gasteiger partial charge in [-0.1, -0.05) is 60.7 Å². The van der Waals surface area contributed by atoms with E-state index in [0.29, 0.717) is 0 Å². The first-order chi connectivity index (χ1) is 18.9. The van der Waals surface area contributed by atoms with Crippen LogP contribution in [0.1, 0.15) is 27.8 Å². The van der Waals surface area contributed by atoms with Crippen LogP contribution in [0.5, 0.6) is 0 Å². The molecule has 0 amide bonds. The van der Waals surface area contributed by atoms with E-state index in [4.69, 9.17) is 9.41 Å². The Balaban J connectivity index is 1.59. The predicted octanol–water partition coefficient (Wildman–Crippen LogP) is 9.72. The van der Waals surface area contributed by atoms with Crippen molar-refractivity contribution in [3.8, 4) is 22.5 Å². The molecule has 0 aromatic heterocycles. The molecule has 0 bridgehead atoms. The Labute approximate surface area is 229 Å². The second kappa shape index (κ2) is 9.92. The Morgan fingerprint density at radius 3 is 1.97 bits per heavy atom. The first-order valence-corrected chi connectivity index (χ1v) is 13.4. The van der Waals surface area contributed by atoms with Crippen LogP contribution in [0.4, 0.5) is 17.1 Å². The molecular formula is C36H32N2O. The molecule has 2 aliphatic rings. The lowest BCUT2D eigenvalue weighted by Crippen LogP contribution is -2.03. The maximum Gasteiger partial charge on any atom is 0.137 e. The number of benzene rings is 5. The Morgan fingerprint density at radius 2 is 1.26 bits per heavy atom. The summed E-state index contributed by atoms with van der Waals surface area (Å²) in [7, 11) is 0. The van der Waals surface area contributed by atoms with Crippen LogP contribution in [0.15, 0.2) is 106 Å². The highest BCUT2D eigenvalue weighted by atomic mass is 16.3. The lowest BCUT2D eigenvalue weighted by Gasteiger charge is -2.18. The van der Waals surface area contributed by atoms with Crippen LogP contribution < -0.4 is 10.7 Å². The third kappa shape index (κ3) is 4.61. The number of rotatable bonds is 4. The van der Waals surface area contributed by atoms with E-state index >= 15 is 0 Å². The smallest absolute Gasteiger partial charge is 0.137 e. The minimum Gasteiger partial charge on any atom is -0.456 e. The standard InChI is InChI=1S/C36H32N2O/c1-22-10-6-7-15-29(22)34-30-18-16-27(37-35-23(2)11-8-12-24(35)3)20-32(30)39-33-21-28(17-19-31(33)34)38-36-25(4)13-9-14-26(36)5/h6-21,37H,1-5H3. The van der Waals surface area contributed by atoms with E-state index in [1.54, 1.807) is 0 Å². The molecular weight excluding hydrogens is 476 g/mol. The zero-order valence-corrected chi connectivity index (χ0v) is 23.1. The molecule has 192 valence electrons. The fourth-order valence-electron chi connectivity index (χ4n) is 5.44. The number of hydrogen-bond donors (Lipinski definition) is 1.